The minimum atomic E-state index is -3.03. The molecule has 102 valence electrons. The topological polar surface area (TPSA) is 74.2 Å². The van der Waals surface area contributed by atoms with Crippen molar-refractivity contribution >= 4 is 0 Å². The zero-order valence-electron chi connectivity index (χ0n) is 10.5. The number of benzene rings is 1. The standard InChI is InChI=1S/C12H13F2N3O2/c1-12(13,14)8-5-7(3-4-9(8)18-2)11-16-10(6-15)19-17-11/h3-5H,6,15H2,1-2H3. The number of halogens is 2. The monoisotopic (exact) mass is 269 g/mol. The second-order valence-corrected chi connectivity index (χ2v) is 4.02. The third-order valence-electron chi connectivity index (χ3n) is 2.57. The van der Waals surface area contributed by atoms with E-state index >= 15 is 0 Å². The van der Waals surface area contributed by atoms with E-state index in [4.69, 9.17) is 15.0 Å². The summed E-state index contributed by atoms with van der Waals surface area (Å²) in [6.45, 7) is 0.899. The molecule has 1 heterocycles. The molecule has 0 radical (unpaired) electrons. The van der Waals surface area contributed by atoms with E-state index in [0.29, 0.717) is 5.56 Å². The van der Waals surface area contributed by atoms with E-state index < -0.39 is 5.92 Å². The number of alkyl halides is 2. The number of rotatable bonds is 4. The highest BCUT2D eigenvalue weighted by atomic mass is 19.3. The highest BCUT2D eigenvalue weighted by Gasteiger charge is 2.29. The van der Waals surface area contributed by atoms with Crippen molar-refractivity contribution in [3.63, 3.8) is 0 Å². The second kappa shape index (κ2) is 4.93. The van der Waals surface area contributed by atoms with Gasteiger partial charge in [-0.05, 0) is 18.2 Å². The van der Waals surface area contributed by atoms with Crippen LogP contribution in [0.25, 0.3) is 11.4 Å². The van der Waals surface area contributed by atoms with Crippen molar-refractivity contribution in [2.45, 2.75) is 19.4 Å². The van der Waals surface area contributed by atoms with Crippen LogP contribution < -0.4 is 10.5 Å². The SMILES string of the molecule is COc1ccc(-c2noc(CN)n2)cc1C(C)(F)F. The summed E-state index contributed by atoms with van der Waals surface area (Å²) in [6, 6.07) is 4.31. The maximum absolute atomic E-state index is 13.5. The first-order chi connectivity index (χ1) is 8.95. The van der Waals surface area contributed by atoms with Gasteiger partial charge in [0.15, 0.2) is 0 Å². The first-order valence-corrected chi connectivity index (χ1v) is 5.55. The van der Waals surface area contributed by atoms with Crippen molar-refractivity contribution in [3.8, 4) is 17.1 Å². The van der Waals surface area contributed by atoms with Crippen molar-refractivity contribution in [1.82, 2.24) is 10.1 Å². The summed E-state index contributed by atoms with van der Waals surface area (Å²) in [7, 11) is 1.34. The third-order valence-corrected chi connectivity index (χ3v) is 2.57. The Hall–Kier alpha value is -2.02. The van der Waals surface area contributed by atoms with Gasteiger partial charge >= 0.3 is 0 Å². The fraction of sp³-hybridized carbons (Fsp3) is 0.333. The Labute approximate surface area is 108 Å². The van der Waals surface area contributed by atoms with Crippen molar-refractivity contribution in [2.75, 3.05) is 7.11 Å². The zero-order valence-corrected chi connectivity index (χ0v) is 10.5. The third kappa shape index (κ3) is 2.70. The highest BCUT2D eigenvalue weighted by molar-refractivity contribution is 5.59. The minimum Gasteiger partial charge on any atom is -0.496 e. The van der Waals surface area contributed by atoms with Crippen LogP contribution in [-0.4, -0.2) is 17.3 Å². The van der Waals surface area contributed by atoms with Gasteiger partial charge < -0.3 is 15.0 Å². The van der Waals surface area contributed by atoms with Crippen LogP contribution in [0.4, 0.5) is 8.78 Å². The summed E-state index contributed by atoms with van der Waals surface area (Å²) in [4.78, 5) is 3.99. The number of methoxy groups -OCH3 is 1. The average molecular weight is 269 g/mol. The second-order valence-electron chi connectivity index (χ2n) is 4.02. The molecule has 2 aromatic rings. The summed E-state index contributed by atoms with van der Waals surface area (Å²) in [6.07, 6.45) is 0. The average Bonchev–Trinajstić information content (AvgIpc) is 2.85. The smallest absolute Gasteiger partial charge is 0.274 e. The van der Waals surface area contributed by atoms with E-state index in [-0.39, 0.29) is 29.6 Å². The van der Waals surface area contributed by atoms with E-state index in [9.17, 15) is 8.78 Å². The van der Waals surface area contributed by atoms with Gasteiger partial charge in [0.05, 0.1) is 19.2 Å². The fourth-order valence-electron chi connectivity index (χ4n) is 1.65. The van der Waals surface area contributed by atoms with Gasteiger partial charge in [0.1, 0.15) is 5.75 Å². The van der Waals surface area contributed by atoms with Crippen molar-refractivity contribution < 1.29 is 18.0 Å². The van der Waals surface area contributed by atoms with Gasteiger partial charge in [-0.3, -0.25) is 0 Å². The van der Waals surface area contributed by atoms with Crippen LogP contribution in [0.1, 0.15) is 18.4 Å². The Balaban J connectivity index is 2.48. The van der Waals surface area contributed by atoms with Crippen LogP contribution in [0.5, 0.6) is 5.75 Å². The molecule has 19 heavy (non-hydrogen) atoms. The predicted octanol–water partition coefficient (Wildman–Crippen LogP) is 2.32. The van der Waals surface area contributed by atoms with E-state index in [2.05, 4.69) is 10.1 Å². The molecule has 0 aliphatic carbocycles. The number of nitrogens with zero attached hydrogens (tertiary/aromatic N) is 2. The molecule has 2 N–H and O–H groups in total. The Morgan fingerprint density at radius 3 is 2.68 bits per heavy atom. The summed E-state index contributed by atoms with van der Waals surface area (Å²) in [5, 5.41) is 3.68. The number of hydrogen-bond donors (Lipinski definition) is 1. The van der Waals surface area contributed by atoms with Gasteiger partial charge in [0.25, 0.3) is 5.92 Å². The molecular weight excluding hydrogens is 256 g/mol. The lowest BCUT2D eigenvalue weighted by atomic mass is 10.0. The Morgan fingerprint density at radius 1 is 1.42 bits per heavy atom. The zero-order chi connectivity index (χ0) is 14.0. The summed E-state index contributed by atoms with van der Waals surface area (Å²) >= 11 is 0. The van der Waals surface area contributed by atoms with Crippen molar-refractivity contribution in [2.24, 2.45) is 5.73 Å². The van der Waals surface area contributed by atoms with Crippen LogP contribution in [0.2, 0.25) is 0 Å². The van der Waals surface area contributed by atoms with Crippen LogP contribution in [0.15, 0.2) is 22.7 Å². The highest BCUT2D eigenvalue weighted by Crippen LogP contribution is 2.36. The number of ether oxygens (including phenoxy) is 1. The molecule has 1 aromatic heterocycles. The normalized spacial score (nSPS) is 11.6. The number of nitrogens with two attached hydrogens (primary N) is 1. The van der Waals surface area contributed by atoms with Gasteiger partial charge in [0, 0.05) is 12.5 Å². The van der Waals surface area contributed by atoms with E-state index in [0.717, 1.165) is 6.92 Å². The maximum Gasteiger partial charge on any atom is 0.274 e. The molecule has 0 spiro atoms. The molecule has 1 aromatic carbocycles. The van der Waals surface area contributed by atoms with Crippen LogP contribution >= 0.6 is 0 Å². The molecule has 0 fully saturated rings. The van der Waals surface area contributed by atoms with Gasteiger partial charge in [-0.15, -0.1) is 0 Å². The number of hydrogen-bond acceptors (Lipinski definition) is 5. The van der Waals surface area contributed by atoms with Gasteiger partial charge in [-0.1, -0.05) is 5.16 Å². The molecule has 0 saturated heterocycles. The summed E-state index contributed by atoms with van der Waals surface area (Å²) in [5.74, 6) is -2.45. The lowest BCUT2D eigenvalue weighted by Crippen LogP contribution is -2.09. The lowest BCUT2D eigenvalue weighted by Gasteiger charge is -2.15. The van der Waals surface area contributed by atoms with Gasteiger partial charge in [-0.2, -0.15) is 4.98 Å². The molecule has 0 bridgehead atoms. The number of aromatic nitrogens is 2. The van der Waals surface area contributed by atoms with E-state index in [1.807, 2.05) is 0 Å². The quantitative estimate of drug-likeness (QED) is 0.921. The first-order valence-electron chi connectivity index (χ1n) is 5.55. The molecule has 0 unspecified atom stereocenters. The van der Waals surface area contributed by atoms with Crippen molar-refractivity contribution in [3.05, 3.63) is 29.7 Å². The molecule has 5 nitrogen and oxygen atoms in total. The van der Waals surface area contributed by atoms with Gasteiger partial charge in [0.2, 0.25) is 11.7 Å². The molecule has 0 atom stereocenters. The molecule has 0 aliphatic rings. The molecule has 0 aliphatic heterocycles. The maximum atomic E-state index is 13.5. The minimum absolute atomic E-state index is 0.0972. The van der Waals surface area contributed by atoms with E-state index in [1.165, 1.54) is 19.2 Å². The summed E-state index contributed by atoms with van der Waals surface area (Å²) in [5.41, 5.74) is 5.54. The molecule has 0 saturated carbocycles. The Kier molecular flexibility index (Phi) is 3.48. The van der Waals surface area contributed by atoms with Crippen molar-refractivity contribution in [1.29, 1.82) is 0 Å². The largest absolute Gasteiger partial charge is 0.496 e. The molecular formula is C12H13F2N3O2. The first kappa shape index (κ1) is 13.4. The van der Waals surface area contributed by atoms with Crippen LogP contribution in [-0.2, 0) is 12.5 Å². The van der Waals surface area contributed by atoms with Gasteiger partial charge in [-0.25, -0.2) is 8.78 Å². The van der Waals surface area contributed by atoms with Crippen LogP contribution in [0.3, 0.4) is 0 Å². The van der Waals surface area contributed by atoms with Crippen LogP contribution in [0, 0.1) is 0 Å². The lowest BCUT2D eigenvalue weighted by molar-refractivity contribution is 0.0151. The molecule has 0 amide bonds. The molecule has 2 rings (SSSR count). The summed E-state index contributed by atoms with van der Waals surface area (Å²) < 4.78 is 36.8. The Morgan fingerprint density at radius 2 is 2.16 bits per heavy atom. The Bertz CT molecular complexity index is 579. The predicted molar refractivity (Wildman–Crippen MR) is 63.7 cm³/mol. The molecule has 7 heteroatoms. The van der Waals surface area contributed by atoms with E-state index in [1.54, 1.807) is 6.07 Å². The fourth-order valence-corrected chi connectivity index (χ4v) is 1.65.